The molecule has 2 amide bonds. The molecule has 0 bridgehead atoms. The van der Waals surface area contributed by atoms with Crippen LogP contribution >= 0.6 is 11.3 Å². The van der Waals surface area contributed by atoms with Gasteiger partial charge in [0.15, 0.2) is 0 Å². The normalized spacial score (nSPS) is 12.6. The van der Waals surface area contributed by atoms with Gasteiger partial charge in [0.2, 0.25) is 0 Å². The lowest BCUT2D eigenvalue weighted by Crippen LogP contribution is -2.39. The highest BCUT2D eigenvalue weighted by atomic mass is 32.1. The van der Waals surface area contributed by atoms with Crippen molar-refractivity contribution in [1.82, 2.24) is 15.2 Å². The number of aromatic nitrogens is 1. The molecule has 6 nitrogen and oxygen atoms in total. The Hall–Kier alpha value is -1.63. The topological polar surface area (TPSA) is 71.5 Å². The summed E-state index contributed by atoms with van der Waals surface area (Å²) in [4.78, 5) is 30.1. The number of carbonyl (C=O) groups excluding carboxylic acids is 2. The van der Waals surface area contributed by atoms with E-state index in [0.29, 0.717) is 18.0 Å². The monoisotopic (exact) mass is 327 g/mol. The zero-order valence-corrected chi connectivity index (χ0v) is 14.9. The minimum absolute atomic E-state index is 0.119. The molecule has 0 saturated heterocycles. The zero-order chi connectivity index (χ0) is 16.9. The molecule has 1 heterocycles. The summed E-state index contributed by atoms with van der Waals surface area (Å²) in [6.45, 7) is 10.3. The maximum Gasteiger partial charge on any atom is 0.410 e. The van der Waals surface area contributed by atoms with Crippen molar-refractivity contribution in [3.63, 3.8) is 0 Å². The standard InChI is InChI=1S/C15H25N3O3S/c1-10(8-18(6)14(20)21-15(3,4)5)7-16-13(19)12-11(2)17-9-22-12/h9-10H,7-8H2,1-6H3,(H,16,19)/t10-/m1/s1. The van der Waals surface area contributed by atoms with Crippen LogP contribution in [-0.2, 0) is 4.74 Å². The number of nitrogens with zero attached hydrogens (tertiary/aromatic N) is 2. The van der Waals surface area contributed by atoms with Gasteiger partial charge in [-0.25, -0.2) is 9.78 Å². The van der Waals surface area contributed by atoms with Crippen LogP contribution in [-0.4, -0.2) is 47.6 Å². The molecular weight excluding hydrogens is 302 g/mol. The van der Waals surface area contributed by atoms with E-state index in [4.69, 9.17) is 4.74 Å². The molecule has 1 rings (SSSR count). The quantitative estimate of drug-likeness (QED) is 0.902. The van der Waals surface area contributed by atoms with Gasteiger partial charge in [0.05, 0.1) is 11.2 Å². The third kappa shape index (κ3) is 6.01. The summed E-state index contributed by atoms with van der Waals surface area (Å²) in [7, 11) is 1.69. The summed E-state index contributed by atoms with van der Waals surface area (Å²) in [5, 5.41) is 2.87. The Bertz CT molecular complexity index is 522. The fourth-order valence-electron chi connectivity index (χ4n) is 1.81. The van der Waals surface area contributed by atoms with Crippen LogP contribution in [0.25, 0.3) is 0 Å². The van der Waals surface area contributed by atoms with E-state index in [1.807, 2.05) is 34.6 Å². The molecule has 0 aliphatic carbocycles. The van der Waals surface area contributed by atoms with E-state index in [0.717, 1.165) is 5.69 Å². The van der Waals surface area contributed by atoms with Crippen molar-refractivity contribution < 1.29 is 14.3 Å². The van der Waals surface area contributed by atoms with E-state index in [1.165, 1.54) is 16.2 Å². The predicted octanol–water partition coefficient (Wildman–Crippen LogP) is 2.68. The average molecular weight is 327 g/mol. The van der Waals surface area contributed by atoms with Crippen LogP contribution in [0.2, 0.25) is 0 Å². The van der Waals surface area contributed by atoms with Crippen LogP contribution in [0, 0.1) is 12.8 Å². The molecule has 0 aromatic carbocycles. The molecule has 7 heteroatoms. The molecule has 1 aromatic rings. The highest BCUT2D eigenvalue weighted by Gasteiger charge is 2.21. The van der Waals surface area contributed by atoms with Gasteiger partial charge < -0.3 is 15.0 Å². The largest absolute Gasteiger partial charge is 0.444 e. The van der Waals surface area contributed by atoms with Crippen molar-refractivity contribution in [3.05, 3.63) is 16.1 Å². The first kappa shape index (κ1) is 18.4. The number of nitrogens with one attached hydrogen (secondary N) is 1. The Morgan fingerprint density at radius 3 is 2.59 bits per heavy atom. The fraction of sp³-hybridized carbons (Fsp3) is 0.667. The summed E-state index contributed by atoms with van der Waals surface area (Å²) < 4.78 is 5.29. The van der Waals surface area contributed by atoms with Crippen LogP contribution in [0.5, 0.6) is 0 Å². The second kappa shape index (κ2) is 7.58. The summed E-state index contributed by atoms with van der Waals surface area (Å²) in [6.07, 6.45) is -0.357. The second-order valence-electron chi connectivity index (χ2n) is 6.44. The number of carbonyl (C=O) groups is 2. The lowest BCUT2D eigenvalue weighted by molar-refractivity contribution is 0.0277. The van der Waals surface area contributed by atoms with Gasteiger partial charge >= 0.3 is 6.09 Å². The molecule has 0 radical (unpaired) electrons. The first-order valence-corrected chi connectivity index (χ1v) is 8.10. The smallest absolute Gasteiger partial charge is 0.410 e. The van der Waals surface area contributed by atoms with Crippen molar-refractivity contribution >= 4 is 23.3 Å². The molecule has 1 aromatic heterocycles. The van der Waals surface area contributed by atoms with Crippen LogP contribution in [0.4, 0.5) is 4.79 Å². The highest BCUT2D eigenvalue weighted by molar-refractivity contribution is 7.11. The van der Waals surface area contributed by atoms with Crippen LogP contribution in [0.1, 0.15) is 43.1 Å². The van der Waals surface area contributed by atoms with Gasteiger partial charge in [-0.05, 0) is 33.6 Å². The lowest BCUT2D eigenvalue weighted by Gasteiger charge is -2.26. The zero-order valence-electron chi connectivity index (χ0n) is 14.1. The molecule has 0 spiro atoms. The third-order valence-electron chi connectivity index (χ3n) is 2.85. The number of hydrogen-bond acceptors (Lipinski definition) is 5. The molecule has 1 atom stereocenters. The Labute approximate surface area is 135 Å². The van der Waals surface area contributed by atoms with Crippen molar-refractivity contribution in [3.8, 4) is 0 Å². The second-order valence-corrected chi connectivity index (χ2v) is 7.30. The van der Waals surface area contributed by atoms with Crippen molar-refractivity contribution in [2.45, 2.75) is 40.2 Å². The maximum absolute atomic E-state index is 12.0. The number of amides is 2. The van der Waals surface area contributed by atoms with E-state index < -0.39 is 5.60 Å². The SMILES string of the molecule is Cc1ncsc1C(=O)NC[C@@H](C)CN(C)C(=O)OC(C)(C)C. The van der Waals surface area contributed by atoms with Gasteiger partial charge in [0, 0.05) is 20.1 Å². The molecule has 124 valence electrons. The summed E-state index contributed by atoms with van der Waals surface area (Å²) >= 11 is 1.33. The Morgan fingerprint density at radius 1 is 1.45 bits per heavy atom. The minimum atomic E-state index is -0.507. The Balaban J connectivity index is 2.40. The number of rotatable bonds is 5. The summed E-state index contributed by atoms with van der Waals surface area (Å²) in [6, 6.07) is 0. The van der Waals surface area contributed by atoms with E-state index >= 15 is 0 Å². The molecule has 1 N–H and O–H groups in total. The van der Waals surface area contributed by atoms with Gasteiger partial charge in [-0.2, -0.15) is 0 Å². The number of thiazole rings is 1. The minimum Gasteiger partial charge on any atom is -0.444 e. The third-order valence-corrected chi connectivity index (χ3v) is 3.78. The van der Waals surface area contributed by atoms with Crippen LogP contribution in [0.15, 0.2) is 5.51 Å². The fourth-order valence-corrected chi connectivity index (χ4v) is 2.53. The first-order valence-electron chi connectivity index (χ1n) is 7.22. The number of hydrogen-bond donors (Lipinski definition) is 1. The van der Waals surface area contributed by atoms with Crippen LogP contribution < -0.4 is 5.32 Å². The van der Waals surface area contributed by atoms with Gasteiger partial charge in [0.25, 0.3) is 5.91 Å². The van der Waals surface area contributed by atoms with E-state index in [2.05, 4.69) is 10.3 Å². The average Bonchev–Trinajstić information content (AvgIpc) is 2.80. The van der Waals surface area contributed by atoms with Crippen molar-refractivity contribution in [1.29, 1.82) is 0 Å². The van der Waals surface area contributed by atoms with E-state index in [9.17, 15) is 9.59 Å². The van der Waals surface area contributed by atoms with Crippen molar-refractivity contribution in [2.75, 3.05) is 20.1 Å². The van der Waals surface area contributed by atoms with Crippen molar-refractivity contribution in [2.24, 2.45) is 5.92 Å². The molecule has 0 aliphatic heterocycles. The molecule has 0 unspecified atom stereocenters. The summed E-state index contributed by atoms with van der Waals surface area (Å²) in [5.41, 5.74) is 1.89. The number of ether oxygens (including phenoxy) is 1. The number of aryl methyl sites for hydroxylation is 1. The predicted molar refractivity (Wildman–Crippen MR) is 87.2 cm³/mol. The molecule has 0 fully saturated rings. The first-order chi connectivity index (χ1) is 10.1. The lowest BCUT2D eigenvalue weighted by atomic mass is 10.1. The molecule has 0 saturated carbocycles. The Morgan fingerprint density at radius 2 is 2.09 bits per heavy atom. The maximum atomic E-state index is 12.0. The highest BCUT2D eigenvalue weighted by Crippen LogP contribution is 2.12. The van der Waals surface area contributed by atoms with E-state index in [-0.39, 0.29) is 17.9 Å². The van der Waals surface area contributed by atoms with Gasteiger partial charge in [-0.15, -0.1) is 11.3 Å². The van der Waals surface area contributed by atoms with Crippen LogP contribution in [0.3, 0.4) is 0 Å². The van der Waals surface area contributed by atoms with E-state index in [1.54, 1.807) is 12.6 Å². The van der Waals surface area contributed by atoms with Gasteiger partial charge in [0.1, 0.15) is 10.5 Å². The summed E-state index contributed by atoms with van der Waals surface area (Å²) in [5.74, 6) is 0.00136. The van der Waals surface area contributed by atoms with Gasteiger partial charge in [-0.3, -0.25) is 4.79 Å². The molecular formula is C15H25N3O3S. The molecule has 0 aliphatic rings. The van der Waals surface area contributed by atoms with Gasteiger partial charge in [-0.1, -0.05) is 6.92 Å². The molecule has 22 heavy (non-hydrogen) atoms. The Kier molecular flexibility index (Phi) is 6.34.